The van der Waals surface area contributed by atoms with Crippen LogP contribution in [0.5, 0.6) is 0 Å². The molecule has 5 heteroatoms. The van der Waals surface area contributed by atoms with Gasteiger partial charge in [-0.2, -0.15) is 5.10 Å². The number of nitrogens with one attached hydrogen (secondary N) is 2. The molecule has 1 atom stereocenters. The van der Waals surface area contributed by atoms with Crippen LogP contribution in [0.2, 0.25) is 0 Å². The van der Waals surface area contributed by atoms with Crippen molar-refractivity contribution in [1.29, 1.82) is 0 Å². The second-order valence-corrected chi connectivity index (χ2v) is 5.58. The molecule has 1 heterocycles. The first kappa shape index (κ1) is 16.1. The SMILES string of the molecule is CCc1cccc(NC(=O)N[C@@H](C)c2c(C)nn(C)c2C)c1. The lowest BCUT2D eigenvalue weighted by molar-refractivity contribution is 0.249. The number of amides is 2. The van der Waals surface area contributed by atoms with E-state index in [1.807, 2.05) is 56.8 Å². The molecular formula is C17H24N4O. The van der Waals surface area contributed by atoms with Gasteiger partial charge < -0.3 is 10.6 Å². The van der Waals surface area contributed by atoms with Crippen LogP contribution in [0.15, 0.2) is 24.3 Å². The number of carbonyl (C=O) groups is 1. The van der Waals surface area contributed by atoms with Gasteiger partial charge in [0.1, 0.15) is 0 Å². The highest BCUT2D eigenvalue weighted by Gasteiger charge is 2.18. The van der Waals surface area contributed by atoms with Crippen LogP contribution in [0.25, 0.3) is 0 Å². The third kappa shape index (κ3) is 3.47. The van der Waals surface area contributed by atoms with E-state index in [-0.39, 0.29) is 12.1 Å². The molecule has 2 rings (SSSR count). The van der Waals surface area contributed by atoms with E-state index in [1.54, 1.807) is 0 Å². The lowest BCUT2D eigenvalue weighted by Gasteiger charge is -2.16. The summed E-state index contributed by atoms with van der Waals surface area (Å²) in [5.41, 5.74) is 5.09. The Morgan fingerprint density at radius 3 is 2.68 bits per heavy atom. The molecule has 0 fully saturated rings. The Morgan fingerprint density at radius 2 is 2.09 bits per heavy atom. The van der Waals surface area contributed by atoms with E-state index in [2.05, 4.69) is 22.7 Å². The standard InChI is InChI=1S/C17H24N4O/c1-6-14-8-7-9-15(10-14)19-17(22)18-11(2)16-12(3)20-21(5)13(16)4/h7-11H,6H2,1-5H3,(H2,18,19,22)/t11-/m0/s1. The van der Waals surface area contributed by atoms with E-state index in [1.165, 1.54) is 5.56 Å². The van der Waals surface area contributed by atoms with E-state index >= 15 is 0 Å². The average molecular weight is 300 g/mol. The van der Waals surface area contributed by atoms with Gasteiger partial charge in [0.2, 0.25) is 0 Å². The summed E-state index contributed by atoms with van der Waals surface area (Å²) >= 11 is 0. The number of aryl methyl sites for hydroxylation is 3. The fourth-order valence-corrected chi connectivity index (χ4v) is 2.72. The maximum Gasteiger partial charge on any atom is 0.319 e. The van der Waals surface area contributed by atoms with Gasteiger partial charge in [0.05, 0.1) is 11.7 Å². The van der Waals surface area contributed by atoms with Crippen LogP contribution in [0.1, 0.15) is 42.4 Å². The lowest BCUT2D eigenvalue weighted by Crippen LogP contribution is -2.31. The summed E-state index contributed by atoms with van der Waals surface area (Å²) in [6, 6.07) is 7.59. The Morgan fingerprint density at radius 1 is 1.36 bits per heavy atom. The van der Waals surface area contributed by atoms with Crippen molar-refractivity contribution in [2.24, 2.45) is 7.05 Å². The highest BCUT2D eigenvalue weighted by Crippen LogP contribution is 2.20. The maximum atomic E-state index is 12.2. The molecule has 0 bridgehead atoms. The van der Waals surface area contributed by atoms with Crippen LogP contribution in [0.3, 0.4) is 0 Å². The van der Waals surface area contributed by atoms with Gasteiger partial charge in [-0.05, 0) is 44.9 Å². The molecule has 2 N–H and O–H groups in total. The number of urea groups is 1. The van der Waals surface area contributed by atoms with Gasteiger partial charge in [0, 0.05) is 24.0 Å². The Labute approximate surface area is 131 Å². The van der Waals surface area contributed by atoms with Crippen molar-refractivity contribution in [3.63, 3.8) is 0 Å². The Balaban J connectivity index is 2.05. The molecule has 0 unspecified atom stereocenters. The molecule has 0 saturated carbocycles. The van der Waals surface area contributed by atoms with E-state index in [4.69, 9.17) is 0 Å². The van der Waals surface area contributed by atoms with Crippen molar-refractivity contribution in [2.45, 2.75) is 40.2 Å². The summed E-state index contributed by atoms with van der Waals surface area (Å²) in [6.07, 6.45) is 0.946. The predicted molar refractivity (Wildman–Crippen MR) is 89.1 cm³/mol. The quantitative estimate of drug-likeness (QED) is 0.908. The molecule has 0 spiro atoms. The molecule has 0 aliphatic rings. The zero-order chi connectivity index (χ0) is 16.3. The van der Waals surface area contributed by atoms with Gasteiger partial charge in [-0.25, -0.2) is 4.79 Å². The molecule has 2 amide bonds. The molecule has 118 valence electrons. The summed E-state index contributed by atoms with van der Waals surface area (Å²) in [4.78, 5) is 12.2. The van der Waals surface area contributed by atoms with E-state index in [9.17, 15) is 4.79 Å². The van der Waals surface area contributed by atoms with Gasteiger partial charge in [0.15, 0.2) is 0 Å². The molecule has 0 aliphatic carbocycles. The number of hydrogen-bond acceptors (Lipinski definition) is 2. The number of carbonyl (C=O) groups excluding carboxylic acids is 1. The predicted octanol–water partition coefficient (Wildman–Crippen LogP) is 3.48. The number of benzene rings is 1. The summed E-state index contributed by atoms with van der Waals surface area (Å²) in [5, 5.41) is 10.3. The molecule has 5 nitrogen and oxygen atoms in total. The minimum Gasteiger partial charge on any atom is -0.331 e. The van der Waals surface area contributed by atoms with Crippen LogP contribution >= 0.6 is 0 Å². The van der Waals surface area contributed by atoms with Crippen LogP contribution < -0.4 is 10.6 Å². The Kier molecular flexibility index (Phi) is 4.85. The topological polar surface area (TPSA) is 59.0 Å². The van der Waals surface area contributed by atoms with Crippen molar-refractivity contribution in [3.8, 4) is 0 Å². The van der Waals surface area contributed by atoms with Crippen LogP contribution in [0, 0.1) is 13.8 Å². The van der Waals surface area contributed by atoms with Gasteiger partial charge in [0.25, 0.3) is 0 Å². The highest BCUT2D eigenvalue weighted by atomic mass is 16.2. The molecule has 0 aliphatic heterocycles. The van der Waals surface area contributed by atoms with Crippen molar-refractivity contribution in [1.82, 2.24) is 15.1 Å². The van der Waals surface area contributed by atoms with Gasteiger partial charge in [-0.1, -0.05) is 19.1 Å². The fraction of sp³-hybridized carbons (Fsp3) is 0.412. The van der Waals surface area contributed by atoms with Gasteiger partial charge in [-0.3, -0.25) is 4.68 Å². The minimum atomic E-state index is -0.205. The minimum absolute atomic E-state index is 0.0944. The smallest absolute Gasteiger partial charge is 0.319 e. The van der Waals surface area contributed by atoms with Gasteiger partial charge >= 0.3 is 6.03 Å². The second-order valence-electron chi connectivity index (χ2n) is 5.58. The number of hydrogen-bond donors (Lipinski definition) is 2. The second kappa shape index (κ2) is 6.64. The summed E-state index contributed by atoms with van der Waals surface area (Å²) in [6.45, 7) is 8.04. The largest absolute Gasteiger partial charge is 0.331 e. The first-order chi connectivity index (χ1) is 10.4. The molecule has 1 aromatic heterocycles. The zero-order valence-corrected chi connectivity index (χ0v) is 13.9. The third-order valence-electron chi connectivity index (χ3n) is 3.94. The normalized spacial score (nSPS) is 12.0. The van der Waals surface area contributed by atoms with Crippen molar-refractivity contribution >= 4 is 11.7 Å². The van der Waals surface area contributed by atoms with E-state index in [0.717, 1.165) is 29.1 Å². The zero-order valence-electron chi connectivity index (χ0n) is 13.9. The Hall–Kier alpha value is -2.30. The van der Waals surface area contributed by atoms with E-state index in [0.29, 0.717) is 0 Å². The average Bonchev–Trinajstić information content (AvgIpc) is 2.72. The summed E-state index contributed by atoms with van der Waals surface area (Å²) < 4.78 is 1.84. The van der Waals surface area contributed by atoms with Crippen LogP contribution in [0.4, 0.5) is 10.5 Å². The molecular weight excluding hydrogens is 276 g/mol. The van der Waals surface area contributed by atoms with Gasteiger partial charge in [-0.15, -0.1) is 0 Å². The monoisotopic (exact) mass is 300 g/mol. The Bertz CT molecular complexity index is 675. The number of anilines is 1. The van der Waals surface area contributed by atoms with Crippen molar-refractivity contribution in [3.05, 3.63) is 46.8 Å². The molecule has 0 radical (unpaired) electrons. The van der Waals surface area contributed by atoms with Crippen LogP contribution in [-0.4, -0.2) is 15.8 Å². The molecule has 1 aromatic carbocycles. The number of rotatable bonds is 4. The summed E-state index contributed by atoms with van der Waals surface area (Å²) in [5.74, 6) is 0. The first-order valence-electron chi connectivity index (χ1n) is 7.59. The van der Waals surface area contributed by atoms with Crippen molar-refractivity contribution < 1.29 is 4.79 Å². The maximum absolute atomic E-state index is 12.2. The summed E-state index contributed by atoms with van der Waals surface area (Å²) in [7, 11) is 1.91. The number of nitrogens with zero attached hydrogens (tertiary/aromatic N) is 2. The fourth-order valence-electron chi connectivity index (χ4n) is 2.72. The molecule has 0 saturated heterocycles. The third-order valence-corrected chi connectivity index (χ3v) is 3.94. The molecule has 22 heavy (non-hydrogen) atoms. The molecule has 2 aromatic rings. The highest BCUT2D eigenvalue weighted by molar-refractivity contribution is 5.89. The lowest BCUT2D eigenvalue weighted by atomic mass is 10.1. The first-order valence-corrected chi connectivity index (χ1v) is 7.59. The van der Waals surface area contributed by atoms with Crippen molar-refractivity contribution in [2.75, 3.05) is 5.32 Å². The van der Waals surface area contributed by atoms with Crippen LogP contribution in [-0.2, 0) is 13.5 Å². The van der Waals surface area contributed by atoms with E-state index < -0.39 is 0 Å². The number of aromatic nitrogens is 2.